The van der Waals surface area contributed by atoms with Crippen LogP contribution in [0.2, 0.25) is 0 Å². The quantitative estimate of drug-likeness (QED) is 0.806. The normalized spacial score (nSPS) is 15.6. The number of rotatable bonds is 3. The Morgan fingerprint density at radius 1 is 1.29 bits per heavy atom. The maximum atomic E-state index is 12.7. The van der Waals surface area contributed by atoms with Gasteiger partial charge >= 0.3 is 0 Å². The molecule has 0 spiro atoms. The van der Waals surface area contributed by atoms with Crippen molar-refractivity contribution in [3.8, 4) is 0 Å². The molecule has 2 aromatic heterocycles. The standard InChI is InChI=1S/C19H17N3O2/c1-12-9-13-5-4-7-15-17(13)22(12)11-16(18(15)23)19(24)21-10-14-6-2-3-8-20-14/h2-8,11-12H,9-10H2,1H3,(H,21,24)/t12-/m0/s1. The summed E-state index contributed by atoms with van der Waals surface area (Å²) in [4.78, 5) is 29.4. The highest BCUT2D eigenvalue weighted by Crippen LogP contribution is 2.30. The number of nitrogens with one attached hydrogen (secondary N) is 1. The second-order valence-electron chi connectivity index (χ2n) is 6.15. The lowest BCUT2D eigenvalue weighted by Gasteiger charge is -2.12. The summed E-state index contributed by atoms with van der Waals surface area (Å²) in [5, 5.41) is 3.40. The number of benzene rings is 1. The SMILES string of the molecule is C[C@H]1Cc2cccc3c(=O)c(C(=O)NCc4ccccn4)cn1c23. The monoisotopic (exact) mass is 319 g/mol. The Kier molecular flexibility index (Phi) is 3.41. The van der Waals surface area contributed by atoms with Gasteiger partial charge in [0.1, 0.15) is 5.56 Å². The molecule has 0 aliphatic carbocycles. The van der Waals surface area contributed by atoms with E-state index in [0.29, 0.717) is 11.9 Å². The number of para-hydroxylation sites is 1. The molecule has 5 nitrogen and oxygen atoms in total. The number of nitrogens with zero attached hydrogens (tertiary/aromatic N) is 2. The van der Waals surface area contributed by atoms with Crippen LogP contribution in [-0.4, -0.2) is 15.5 Å². The first-order valence-corrected chi connectivity index (χ1v) is 8.00. The zero-order chi connectivity index (χ0) is 16.7. The molecule has 4 rings (SSSR count). The van der Waals surface area contributed by atoms with E-state index < -0.39 is 0 Å². The Balaban J connectivity index is 1.72. The number of hydrogen-bond acceptors (Lipinski definition) is 3. The van der Waals surface area contributed by atoms with Gasteiger partial charge < -0.3 is 9.88 Å². The summed E-state index contributed by atoms with van der Waals surface area (Å²) in [5.74, 6) is -0.360. The van der Waals surface area contributed by atoms with E-state index in [1.165, 1.54) is 0 Å². The predicted molar refractivity (Wildman–Crippen MR) is 92.0 cm³/mol. The number of amides is 1. The van der Waals surface area contributed by atoms with E-state index in [1.807, 2.05) is 34.9 Å². The molecule has 1 amide bonds. The van der Waals surface area contributed by atoms with Crippen LogP contribution < -0.4 is 10.7 Å². The van der Waals surface area contributed by atoms with Crippen LogP contribution in [0.4, 0.5) is 0 Å². The summed E-state index contributed by atoms with van der Waals surface area (Å²) in [6.07, 6.45) is 4.26. The van der Waals surface area contributed by atoms with E-state index in [4.69, 9.17) is 0 Å². The van der Waals surface area contributed by atoms with E-state index in [9.17, 15) is 9.59 Å². The minimum Gasteiger partial charge on any atom is -0.346 e. The molecule has 1 N–H and O–H groups in total. The zero-order valence-electron chi connectivity index (χ0n) is 13.3. The van der Waals surface area contributed by atoms with Crippen molar-refractivity contribution in [3.05, 3.63) is 75.8 Å². The molecule has 0 saturated heterocycles. The van der Waals surface area contributed by atoms with Crippen molar-refractivity contribution >= 4 is 16.8 Å². The lowest BCUT2D eigenvalue weighted by atomic mass is 10.1. The molecule has 0 unspecified atom stereocenters. The van der Waals surface area contributed by atoms with E-state index in [1.54, 1.807) is 18.5 Å². The zero-order valence-corrected chi connectivity index (χ0v) is 13.3. The van der Waals surface area contributed by atoms with Gasteiger partial charge in [0.15, 0.2) is 0 Å². The Morgan fingerprint density at radius 3 is 2.96 bits per heavy atom. The van der Waals surface area contributed by atoms with Gasteiger partial charge in [-0.3, -0.25) is 14.6 Å². The fraction of sp³-hybridized carbons (Fsp3) is 0.211. The molecule has 1 aliphatic rings. The van der Waals surface area contributed by atoms with Crippen molar-refractivity contribution in [1.82, 2.24) is 14.9 Å². The molecule has 0 radical (unpaired) electrons. The van der Waals surface area contributed by atoms with Crippen molar-refractivity contribution < 1.29 is 4.79 Å². The highest BCUT2D eigenvalue weighted by molar-refractivity contribution is 5.98. The molecule has 1 atom stereocenters. The van der Waals surface area contributed by atoms with Gasteiger partial charge in [-0.15, -0.1) is 0 Å². The summed E-state index contributed by atoms with van der Waals surface area (Å²) < 4.78 is 2.04. The summed E-state index contributed by atoms with van der Waals surface area (Å²) in [6, 6.07) is 11.5. The first-order valence-electron chi connectivity index (χ1n) is 8.00. The van der Waals surface area contributed by atoms with Crippen LogP contribution in [0.1, 0.15) is 34.6 Å². The molecular weight excluding hydrogens is 302 g/mol. The molecule has 3 heterocycles. The summed E-state index contributed by atoms with van der Waals surface area (Å²) in [7, 11) is 0. The third-order valence-corrected chi connectivity index (χ3v) is 4.53. The Hall–Kier alpha value is -2.95. The smallest absolute Gasteiger partial charge is 0.257 e. The van der Waals surface area contributed by atoms with Crippen LogP contribution in [-0.2, 0) is 13.0 Å². The van der Waals surface area contributed by atoms with Crippen LogP contribution in [0.5, 0.6) is 0 Å². The maximum absolute atomic E-state index is 12.7. The predicted octanol–water partition coefficient (Wildman–Crippen LogP) is 2.44. The first-order chi connectivity index (χ1) is 11.6. The van der Waals surface area contributed by atoms with Crippen LogP contribution in [0.15, 0.2) is 53.6 Å². The minimum atomic E-state index is -0.360. The molecule has 1 aromatic carbocycles. The first kappa shape index (κ1) is 14.6. The molecule has 1 aliphatic heterocycles. The molecule has 5 heteroatoms. The lowest BCUT2D eigenvalue weighted by Crippen LogP contribution is -2.29. The highest BCUT2D eigenvalue weighted by atomic mass is 16.2. The Labute approximate surface area is 139 Å². The maximum Gasteiger partial charge on any atom is 0.257 e. The van der Waals surface area contributed by atoms with Crippen LogP contribution in [0, 0.1) is 0 Å². The largest absolute Gasteiger partial charge is 0.346 e. The molecule has 0 saturated carbocycles. The third-order valence-electron chi connectivity index (χ3n) is 4.53. The molecule has 120 valence electrons. The van der Waals surface area contributed by atoms with Crippen molar-refractivity contribution in [3.63, 3.8) is 0 Å². The van der Waals surface area contributed by atoms with Gasteiger partial charge in [-0.2, -0.15) is 0 Å². The van der Waals surface area contributed by atoms with Gasteiger partial charge in [0.25, 0.3) is 5.91 Å². The second-order valence-corrected chi connectivity index (χ2v) is 6.15. The number of carbonyl (C=O) groups is 1. The van der Waals surface area contributed by atoms with E-state index in [-0.39, 0.29) is 22.9 Å². The molecule has 24 heavy (non-hydrogen) atoms. The van der Waals surface area contributed by atoms with Crippen molar-refractivity contribution in [2.45, 2.75) is 25.9 Å². The van der Waals surface area contributed by atoms with E-state index >= 15 is 0 Å². The summed E-state index contributed by atoms with van der Waals surface area (Å²) >= 11 is 0. The average molecular weight is 319 g/mol. The van der Waals surface area contributed by atoms with Crippen molar-refractivity contribution in [1.29, 1.82) is 0 Å². The third kappa shape index (κ3) is 2.29. The Bertz CT molecular complexity index is 993. The van der Waals surface area contributed by atoms with Crippen molar-refractivity contribution in [2.75, 3.05) is 0 Å². The van der Waals surface area contributed by atoms with Gasteiger partial charge in [-0.1, -0.05) is 18.2 Å². The Morgan fingerprint density at radius 2 is 2.17 bits per heavy atom. The molecular formula is C19H17N3O2. The molecule has 3 aromatic rings. The van der Waals surface area contributed by atoms with Gasteiger partial charge in [-0.05, 0) is 37.1 Å². The fourth-order valence-corrected chi connectivity index (χ4v) is 3.35. The number of pyridine rings is 2. The van der Waals surface area contributed by atoms with Gasteiger partial charge in [0.05, 0.1) is 17.8 Å². The minimum absolute atomic E-state index is 0.185. The van der Waals surface area contributed by atoms with Gasteiger partial charge in [-0.25, -0.2) is 0 Å². The average Bonchev–Trinajstić information content (AvgIpc) is 2.93. The van der Waals surface area contributed by atoms with Crippen LogP contribution in [0.3, 0.4) is 0 Å². The summed E-state index contributed by atoms with van der Waals surface area (Å²) in [5.41, 5.74) is 2.85. The summed E-state index contributed by atoms with van der Waals surface area (Å²) in [6.45, 7) is 2.40. The number of hydrogen-bond donors (Lipinski definition) is 1. The van der Waals surface area contributed by atoms with Gasteiger partial charge in [0, 0.05) is 23.8 Å². The van der Waals surface area contributed by atoms with E-state index in [2.05, 4.69) is 17.2 Å². The highest BCUT2D eigenvalue weighted by Gasteiger charge is 2.24. The van der Waals surface area contributed by atoms with Gasteiger partial charge in [0.2, 0.25) is 5.43 Å². The lowest BCUT2D eigenvalue weighted by molar-refractivity contribution is 0.0948. The number of aromatic nitrogens is 2. The van der Waals surface area contributed by atoms with Crippen LogP contribution in [0.25, 0.3) is 10.9 Å². The van der Waals surface area contributed by atoms with E-state index in [0.717, 1.165) is 23.2 Å². The molecule has 0 fully saturated rings. The fourth-order valence-electron chi connectivity index (χ4n) is 3.35. The second kappa shape index (κ2) is 5.60. The van der Waals surface area contributed by atoms with Crippen molar-refractivity contribution in [2.24, 2.45) is 0 Å². The number of carbonyl (C=O) groups excluding carboxylic acids is 1. The molecule has 0 bridgehead atoms. The topological polar surface area (TPSA) is 64.0 Å². The van der Waals surface area contributed by atoms with Crippen LogP contribution >= 0.6 is 0 Å².